The lowest BCUT2D eigenvalue weighted by molar-refractivity contribution is 0.449. The van der Waals surface area contributed by atoms with E-state index in [-0.39, 0.29) is 5.82 Å². The molecule has 1 unspecified atom stereocenters. The Labute approximate surface area is 89.3 Å². The number of likely N-dealkylation sites (N-methyl/N-ethyl adjacent to an activating group) is 1. The third-order valence-corrected chi connectivity index (χ3v) is 2.89. The van der Waals surface area contributed by atoms with Crippen LogP contribution in [0.3, 0.4) is 0 Å². The van der Waals surface area contributed by atoms with E-state index in [1.165, 1.54) is 12.6 Å². The number of hydrogen-bond donors (Lipinski definition) is 1. The SMILES string of the molecule is CNC1CCCN(c2cncc(F)c2)C1. The summed E-state index contributed by atoms with van der Waals surface area (Å²) in [5.74, 6) is -0.265. The quantitative estimate of drug-likeness (QED) is 0.798. The molecule has 0 bridgehead atoms. The molecule has 82 valence electrons. The zero-order chi connectivity index (χ0) is 10.7. The number of piperidine rings is 1. The minimum atomic E-state index is -0.265. The largest absolute Gasteiger partial charge is 0.369 e. The highest BCUT2D eigenvalue weighted by Crippen LogP contribution is 2.19. The summed E-state index contributed by atoms with van der Waals surface area (Å²) in [5, 5.41) is 3.26. The van der Waals surface area contributed by atoms with Crippen molar-refractivity contribution in [3.05, 3.63) is 24.3 Å². The van der Waals surface area contributed by atoms with Crippen LogP contribution in [0, 0.1) is 5.82 Å². The molecule has 2 rings (SSSR count). The van der Waals surface area contributed by atoms with Crippen molar-refractivity contribution in [3.8, 4) is 0 Å². The molecule has 0 aliphatic carbocycles. The van der Waals surface area contributed by atoms with Crippen molar-refractivity contribution >= 4 is 5.69 Å². The number of aromatic nitrogens is 1. The monoisotopic (exact) mass is 209 g/mol. The molecule has 4 heteroatoms. The number of pyridine rings is 1. The van der Waals surface area contributed by atoms with E-state index in [0.29, 0.717) is 6.04 Å². The fourth-order valence-corrected chi connectivity index (χ4v) is 2.02. The van der Waals surface area contributed by atoms with Crippen molar-refractivity contribution in [2.24, 2.45) is 0 Å². The van der Waals surface area contributed by atoms with E-state index in [1.54, 1.807) is 12.3 Å². The second-order valence-electron chi connectivity index (χ2n) is 3.94. The summed E-state index contributed by atoms with van der Waals surface area (Å²) < 4.78 is 13.0. The Morgan fingerprint density at radius 3 is 3.13 bits per heavy atom. The van der Waals surface area contributed by atoms with Crippen molar-refractivity contribution in [2.75, 3.05) is 25.0 Å². The summed E-state index contributed by atoms with van der Waals surface area (Å²) in [7, 11) is 1.97. The molecular weight excluding hydrogens is 193 g/mol. The number of rotatable bonds is 2. The molecule has 1 atom stereocenters. The van der Waals surface area contributed by atoms with E-state index in [0.717, 1.165) is 25.2 Å². The first kappa shape index (κ1) is 10.4. The molecule has 15 heavy (non-hydrogen) atoms. The van der Waals surface area contributed by atoms with E-state index in [1.807, 2.05) is 7.05 Å². The molecule has 1 aliphatic heterocycles. The van der Waals surface area contributed by atoms with Gasteiger partial charge in [0, 0.05) is 25.2 Å². The lowest BCUT2D eigenvalue weighted by atomic mass is 10.1. The van der Waals surface area contributed by atoms with Crippen LogP contribution in [0.5, 0.6) is 0 Å². The molecule has 1 N–H and O–H groups in total. The summed E-state index contributed by atoms with van der Waals surface area (Å²) >= 11 is 0. The summed E-state index contributed by atoms with van der Waals surface area (Å²) in [6, 6.07) is 2.05. The van der Waals surface area contributed by atoms with Crippen molar-refractivity contribution in [1.29, 1.82) is 0 Å². The van der Waals surface area contributed by atoms with Crippen LogP contribution in [-0.2, 0) is 0 Å². The number of halogens is 1. The Morgan fingerprint density at radius 2 is 2.40 bits per heavy atom. The minimum absolute atomic E-state index is 0.265. The molecular formula is C11H16FN3. The van der Waals surface area contributed by atoms with Gasteiger partial charge in [-0.3, -0.25) is 4.98 Å². The molecule has 2 heterocycles. The second-order valence-corrected chi connectivity index (χ2v) is 3.94. The summed E-state index contributed by atoms with van der Waals surface area (Å²) in [6.45, 7) is 1.92. The Morgan fingerprint density at radius 1 is 1.53 bits per heavy atom. The Balaban J connectivity index is 2.09. The first-order valence-electron chi connectivity index (χ1n) is 5.32. The predicted octanol–water partition coefficient (Wildman–Crippen LogP) is 1.41. The summed E-state index contributed by atoms with van der Waals surface area (Å²) in [5.41, 5.74) is 0.884. The maximum Gasteiger partial charge on any atom is 0.143 e. The lowest BCUT2D eigenvalue weighted by Gasteiger charge is -2.33. The minimum Gasteiger partial charge on any atom is -0.369 e. The second kappa shape index (κ2) is 4.57. The molecule has 1 saturated heterocycles. The predicted molar refractivity (Wildman–Crippen MR) is 58.5 cm³/mol. The fraction of sp³-hybridized carbons (Fsp3) is 0.545. The van der Waals surface area contributed by atoms with Crippen molar-refractivity contribution < 1.29 is 4.39 Å². The molecule has 0 amide bonds. The number of nitrogens with one attached hydrogen (secondary N) is 1. The van der Waals surface area contributed by atoms with Gasteiger partial charge in [-0.25, -0.2) is 4.39 Å². The number of nitrogens with zero attached hydrogens (tertiary/aromatic N) is 2. The third kappa shape index (κ3) is 2.45. The van der Waals surface area contributed by atoms with Gasteiger partial charge < -0.3 is 10.2 Å². The van der Waals surface area contributed by atoms with Crippen molar-refractivity contribution in [1.82, 2.24) is 10.3 Å². The third-order valence-electron chi connectivity index (χ3n) is 2.89. The molecule has 0 radical (unpaired) electrons. The van der Waals surface area contributed by atoms with Crippen LogP contribution >= 0.6 is 0 Å². The molecule has 0 spiro atoms. The van der Waals surface area contributed by atoms with Crippen LogP contribution in [0.25, 0.3) is 0 Å². The van der Waals surface area contributed by atoms with Crippen molar-refractivity contribution in [2.45, 2.75) is 18.9 Å². The normalized spacial score (nSPS) is 21.7. The molecule has 1 aromatic rings. The van der Waals surface area contributed by atoms with Crippen LogP contribution in [-0.4, -0.2) is 31.2 Å². The average Bonchev–Trinajstić information content (AvgIpc) is 2.29. The lowest BCUT2D eigenvalue weighted by Crippen LogP contribution is -2.44. The first-order chi connectivity index (χ1) is 7.29. The Hall–Kier alpha value is -1.16. The summed E-state index contributed by atoms with van der Waals surface area (Å²) in [6.07, 6.45) is 5.29. The van der Waals surface area contributed by atoms with Gasteiger partial charge >= 0.3 is 0 Å². The smallest absolute Gasteiger partial charge is 0.143 e. The molecule has 3 nitrogen and oxygen atoms in total. The fourth-order valence-electron chi connectivity index (χ4n) is 2.02. The van der Waals surface area contributed by atoms with Crippen LogP contribution in [0.4, 0.5) is 10.1 Å². The molecule has 0 saturated carbocycles. The Bertz CT molecular complexity index is 329. The molecule has 0 aromatic carbocycles. The van der Waals surface area contributed by atoms with E-state index in [4.69, 9.17) is 0 Å². The molecule has 1 aliphatic rings. The van der Waals surface area contributed by atoms with Gasteiger partial charge in [-0.2, -0.15) is 0 Å². The highest BCUT2D eigenvalue weighted by Gasteiger charge is 2.18. The van der Waals surface area contributed by atoms with E-state index in [2.05, 4.69) is 15.2 Å². The number of hydrogen-bond acceptors (Lipinski definition) is 3. The first-order valence-corrected chi connectivity index (χ1v) is 5.32. The Kier molecular flexibility index (Phi) is 3.16. The topological polar surface area (TPSA) is 28.2 Å². The van der Waals surface area contributed by atoms with Gasteiger partial charge in [0.05, 0.1) is 18.1 Å². The molecule has 1 aromatic heterocycles. The maximum atomic E-state index is 13.0. The van der Waals surface area contributed by atoms with Gasteiger partial charge in [-0.1, -0.05) is 0 Å². The van der Waals surface area contributed by atoms with Gasteiger partial charge in [0.1, 0.15) is 5.82 Å². The van der Waals surface area contributed by atoms with Crippen molar-refractivity contribution in [3.63, 3.8) is 0 Å². The standard InChI is InChI=1S/C11H16FN3/c1-13-10-3-2-4-15(8-10)11-5-9(12)6-14-7-11/h5-7,10,13H,2-4,8H2,1H3. The van der Waals surface area contributed by atoms with E-state index < -0.39 is 0 Å². The average molecular weight is 209 g/mol. The summed E-state index contributed by atoms with van der Waals surface area (Å²) in [4.78, 5) is 6.05. The zero-order valence-electron chi connectivity index (χ0n) is 8.91. The maximum absolute atomic E-state index is 13.0. The zero-order valence-corrected chi connectivity index (χ0v) is 8.91. The van der Waals surface area contributed by atoms with Gasteiger partial charge in [0.15, 0.2) is 0 Å². The van der Waals surface area contributed by atoms with Crippen LogP contribution in [0.1, 0.15) is 12.8 Å². The number of anilines is 1. The van der Waals surface area contributed by atoms with Gasteiger partial charge in [-0.05, 0) is 19.9 Å². The van der Waals surface area contributed by atoms with E-state index >= 15 is 0 Å². The highest BCUT2D eigenvalue weighted by atomic mass is 19.1. The molecule has 1 fully saturated rings. The highest BCUT2D eigenvalue weighted by molar-refractivity contribution is 5.44. The van der Waals surface area contributed by atoms with Gasteiger partial charge in [-0.15, -0.1) is 0 Å². The van der Waals surface area contributed by atoms with E-state index in [9.17, 15) is 4.39 Å². The van der Waals surface area contributed by atoms with Crippen LogP contribution < -0.4 is 10.2 Å². The van der Waals surface area contributed by atoms with Crippen LogP contribution in [0.2, 0.25) is 0 Å². The van der Waals surface area contributed by atoms with Gasteiger partial charge in [0.2, 0.25) is 0 Å². The van der Waals surface area contributed by atoms with Gasteiger partial charge in [0.25, 0.3) is 0 Å². The van der Waals surface area contributed by atoms with Crippen LogP contribution in [0.15, 0.2) is 18.5 Å².